The van der Waals surface area contributed by atoms with Crippen molar-refractivity contribution in [3.8, 4) is 0 Å². The number of hydrogen-bond donors (Lipinski definition) is 0. The first kappa shape index (κ1) is 12.3. The van der Waals surface area contributed by atoms with E-state index in [0.29, 0.717) is 21.9 Å². The summed E-state index contributed by atoms with van der Waals surface area (Å²) in [5, 5.41) is 1.30. The topological polar surface area (TPSA) is 30.2 Å². The van der Waals surface area contributed by atoms with Gasteiger partial charge in [0.15, 0.2) is 0 Å². The number of benzene rings is 2. The lowest BCUT2D eigenvalue weighted by atomic mass is 10.1. The summed E-state index contributed by atoms with van der Waals surface area (Å²) in [7, 11) is -0.822. The molecule has 2 aromatic carbocycles. The van der Waals surface area contributed by atoms with Crippen LogP contribution in [0.5, 0.6) is 0 Å². The van der Waals surface area contributed by atoms with Crippen molar-refractivity contribution >= 4 is 32.0 Å². The van der Waals surface area contributed by atoms with E-state index in [2.05, 4.69) is 18.8 Å². The predicted octanol–water partition coefficient (Wildman–Crippen LogP) is 4.00. The van der Waals surface area contributed by atoms with Crippen molar-refractivity contribution in [2.24, 2.45) is 0 Å². The predicted molar refractivity (Wildman–Crippen MR) is 83.6 cm³/mol. The van der Waals surface area contributed by atoms with Crippen LogP contribution in [0.15, 0.2) is 56.6 Å². The van der Waals surface area contributed by atoms with Crippen molar-refractivity contribution in [3.05, 3.63) is 52.7 Å². The van der Waals surface area contributed by atoms with E-state index >= 15 is 0 Å². The Kier molecular flexibility index (Phi) is 2.68. The zero-order chi connectivity index (χ0) is 13.6. The molecule has 0 fully saturated rings. The van der Waals surface area contributed by atoms with Crippen molar-refractivity contribution < 1.29 is 4.42 Å². The molecule has 0 N–H and O–H groups in total. The highest BCUT2D eigenvalue weighted by Crippen LogP contribution is 2.45. The summed E-state index contributed by atoms with van der Waals surface area (Å²) in [5.41, 5.74) is 1.39. The average Bonchev–Trinajstić information content (AvgIpc) is 2.37. The van der Waals surface area contributed by atoms with Gasteiger partial charge in [-0.25, -0.2) is 10.0 Å². The summed E-state index contributed by atoms with van der Waals surface area (Å²) in [6.07, 6.45) is 6.69. The molecule has 3 rings (SSSR count). The molecule has 0 spiro atoms. The summed E-state index contributed by atoms with van der Waals surface area (Å²) in [6, 6.07) is 13.3. The molecule has 0 aliphatic carbocycles. The van der Waals surface area contributed by atoms with Gasteiger partial charge < -0.3 is 4.42 Å². The molecule has 19 heavy (non-hydrogen) atoms. The van der Waals surface area contributed by atoms with Gasteiger partial charge in [-0.2, -0.15) is 0 Å². The van der Waals surface area contributed by atoms with Gasteiger partial charge in [0.05, 0.1) is 10.8 Å². The second-order valence-electron chi connectivity index (χ2n) is 5.42. The highest BCUT2D eigenvalue weighted by Gasteiger charge is 2.12. The van der Waals surface area contributed by atoms with Gasteiger partial charge >= 0.3 is 0 Å². The molecular weight excluding hydrogens is 256 g/mol. The van der Waals surface area contributed by atoms with Crippen LogP contribution >= 0.6 is 10.0 Å². The lowest BCUT2D eigenvalue weighted by Crippen LogP contribution is -2.02. The van der Waals surface area contributed by atoms with Crippen LogP contribution < -0.4 is 5.43 Å². The molecule has 0 saturated carbocycles. The van der Waals surface area contributed by atoms with Crippen LogP contribution in [0.2, 0.25) is 0 Å². The third-order valence-corrected chi connectivity index (χ3v) is 4.92. The first-order valence-electron chi connectivity index (χ1n) is 6.11. The Morgan fingerprint density at radius 3 is 2.32 bits per heavy atom. The van der Waals surface area contributed by atoms with E-state index in [-0.39, 0.29) is 5.43 Å². The van der Waals surface area contributed by atoms with Gasteiger partial charge in [-0.1, -0.05) is 12.1 Å². The first-order chi connectivity index (χ1) is 8.97. The highest BCUT2D eigenvalue weighted by molar-refractivity contribution is 8.32. The van der Waals surface area contributed by atoms with E-state index in [1.54, 1.807) is 0 Å². The molecule has 0 radical (unpaired) electrons. The number of para-hydroxylation sites is 1. The van der Waals surface area contributed by atoms with E-state index < -0.39 is 10.0 Å². The van der Waals surface area contributed by atoms with E-state index in [1.807, 2.05) is 42.5 Å². The monoisotopic (exact) mass is 272 g/mol. The molecule has 0 saturated heterocycles. The van der Waals surface area contributed by atoms with Crippen LogP contribution in [0.4, 0.5) is 0 Å². The summed E-state index contributed by atoms with van der Waals surface area (Å²) < 4.78 is 5.88. The number of fused-ring (bicyclic) bond motifs is 2. The Labute approximate surface area is 113 Å². The van der Waals surface area contributed by atoms with Crippen molar-refractivity contribution in [2.75, 3.05) is 18.8 Å². The molecule has 2 nitrogen and oxygen atoms in total. The smallest absolute Gasteiger partial charge is 0.200 e. The molecule has 98 valence electrons. The molecule has 1 aromatic heterocycles. The zero-order valence-electron chi connectivity index (χ0n) is 11.3. The zero-order valence-corrected chi connectivity index (χ0v) is 12.1. The molecular formula is C16H16O2S. The Morgan fingerprint density at radius 1 is 0.895 bits per heavy atom. The minimum Gasteiger partial charge on any atom is -0.456 e. The van der Waals surface area contributed by atoms with E-state index in [9.17, 15) is 4.79 Å². The molecule has 1 heterocycles. The van der Waals surface area contributed by atoms with Gasteiger partial charge in [0.25, 0.3) is 0 Å². The Balaban J connectivity index is 2.42. The highest BCUT2D eigenvalue weighted by atomic mass is 32.3. The van der Waals surface area contributed by atoms with E-state index in [1.165, 1.54) is 4.90 Å². The lowest BCUT2D eigenvalue weighted by Gasteiger charge is -2.25. The van der Waals surface area contributed by atoms with Crippen LogP contribution in [0.1, 0.15) is 0 Å². The molecule has 0 aliphatic rings. The average molecular weight is 272 g/mol. The van der Waals surface area contributed by atoms with Crippen LogP contribution in [-0.4, -0.2) is 18.8 Å². The largest absolute Gasteiger partial charge is 0.456 e. The maximum Gasteiger partial charge on any atom is 0.200 e. The third-order valence-electron chi connectivity index (χ3n) is 3.26. The van der Waals surface area contributed by atoms with Crippen molar-refractivity contribution in [2.45, 2.75) is 4.90 Å². The molecule has 3 aromatic rings. The molecule has 0 atom stereocenters. The van der Waals surface area contributed by atoms with Gasteiger partial charge in [-0.3, -0.25) is 4.79 Å². The van der Waals surface area contributed by atoms with E-state index in [0.717, 1.165) is 0 Å². The Morgan fingerprint density at radius 2 is 1.58 bits per heavy atom. The van der Waals surface area contributed by atoms with Crippen LogP contribution in [0.3, 0.4) is 0 Å². The molecule has 0 amide bonds. The van der Waals surface area contributed by atoms with Crippen LogP contribution in [0, 0.1) is 0 Å². The van der Waals surface area contributed by atoms with Gasteiger partial charge in [-0.15, -0.1) is 0 Å². The van der Waals surface area contributed by atoms with Crippen LogP contribution in [0.25, 0.3) is 21.9 Å². The van der Waals surface area contributed by atoms with Gasteiger partial charge in [-0.05, 0) is 54.0 Å². The lowest BCUT2D eigenvalue weighted by molar-refractivity contribution is 0.658. The van der Waals surface area contributed by atoms with E-state index in [4.69, 9.17) is 4.42 Å². The Hall–Kier alpha value is -1.74. The summed E-state index contributed by atoms with van der Waals surface area (Å²) in [4.78, 5) is 13.6. The molecule has 0 unspecified atom stereocenters. The number of rotatable bonds is 1. The molecule has 3 heteroatoms. The normalized spacial score (nSPS) is 13.0. The summed E-state index contributed by atoms with van der Waals surface area (Å²) in [6.45, 7) is 0. The minimum absolute atomic E-state index is 0.0484. The fourth-order valence-corrected chi connectivity index (χ4v) is 3.10. The van der Waals surface area contributed by atoms with Gasteiger partial charge in [0, 0.05) is 0 Å². The van der Waals surface area contributed by atoms with Gasteiger partial charge in [0.1, 0.15) is 11.2 Å². The third kappa shape index (κ3) is 2.04. The van der Waals surface area contributed by atoms with Crippen molar-refractivity contribution in [1.29, 1.82) is 0 Å². The Bertz CT molecular complexity index is 825. The fourth-order valence-electron chi connectivity index (χ4n) is 2.16. The maximum absolute atomic E-state index is 12.4. The van der Waals surface area contributed by atoms with Crippen molar-refractivity contribution in [1.82, 2.24) is 0 Å². The standard InChI is InChI=1S/C16H16O2S/c1-19(2,3)11-8-9-13-15(10-11)18-14-7-5-4-6-12(14)16(13)17/h4-10H,1-3H3. The SMILES string of the molecule is CS(C)(C)c1ccc2c(=O)c3ccccc3oc2c1. The second-order valence-corrected chi connectivity index (χ2v) is 9.57. The maximum atomic E-state index is 12.4. The fraction of sp³-hybridized carbons (Fsp3) is 0.188. The number of hydrogen-bond acceptors (Lipinski definition) is 2. The van der Waals surface area contributed by atoms with Crippen LogP contribution in [-0.2, 0) is 0 Å². The summed E-state index contributed by atoms with van der Waals surface area (Å²) >= 11 is 0. The quantitative estimate of drug-likeness (QED) is 0.627. The van der Waals surface area contributed by atoms with Crippen molar-refractivity contribution in [3.63, 3.8) is 0 Å². The molecule has 0 bridgehead atoms. The second kappa shape index (κ2) is 4.14. The first-order valence-corrected chi connectivity index (χ1v) is 8.96. The molecule has 0 aliphatic heterocycles. The minimum atomic E-state index is -0.822. The van der Waals surface area contributed by atoms with Gasteiger partial charge in [0.2, 0.25) is 5.43 Å². The summed E-state index contributed by atoms with van der Waals surface area (Å²) in [5.74, 6) is 0.